The van der Waals surface area contributed by atoms with Crippen molar-refractivity contribution in [2.45, 2.75) is 13.8 Å². The molecular weight excluding hydrogens is 154 g/mol. The number of rotatable bonds is 2. The molecular formula is C9H11NS. The van der Waals surface area contributed by atoms with Crippen LogP contribution in [0.15, 0.2) is 18.2 Å². The van der Waals surface area contributed by atoms with Crippen LogP contribution in [0.3, 0.4) is 0 Å². The van der Waals surface area contributed by atoms with Crippen LogP contribution in [0.4, 0.5) is 5.69 Å². The Balaban J connectivity index is 2.98. The lowest BCUT2D eigenvalue weighted by Gasteiger charge is -2.04. The van der Waals surface area contributed by atoms with Crippen LogP contribution in [0.2, 0.25) is 0 Å². The molecule has 0 heterocycles. The predicted molar refractivity (Wildman–Crippen MR) is 53.2 cm³/mol. The molecule has 58 valence electrons. The Bertz CT molecular complexity index is 268. The van der Waals surface area contributed by atoms with Crippen molar-refractivity contribution in [3.63, 3.8) is 0 Å². The standard InChI is InChI=1S/C9H11NS/c1-7-3-4-9(10-6-11)8(2)5-7/h3-6H,1-2H3,(H,10,11). The molecule has 0 aliphatic rings. The first-order chi connectivity index (χ1) is 5.24. The topological polar surface area (TPSA) is 12.0 Å². The maximum Gasteiger partial charge on any atom is 0.0659 e. The molecule has 0 unspecified atom stereocenters. The minimum absolute atomic E-state index is 1.09. The number of hydrogen-bond donors (Lipinski definition) is 1. The maximum absolute atomic E-state index is 4.69. The highest BCUT2D eigenvalue weighted by Gasteiger charge is 1.93. The zero-order valence-electron chi connectivity index (χ0n) is 6.72. The highest BCUT2D eigenvalue weighted by Crippen LogP contribution is 2.14. The number of aryl methyl sites for hydroxylation is 2. The van der Waals surface area contributed by atoms with Crippen molar-refractivity contribution in [2.75, 3.05) is 5.32 Å². The van der Waals surface area contributed by atoms with E-state index in [1.165, 1.54) is 16.6 Å². The van der Waals surface area contributed by atoms with Crippen molar-refractivity contribution in [3.8, 4) is 0 Å². The van der Waals surface area contributed by atoms with Gasteiger partial charge in [-0.25, -0.2) is 0 Å². The van der Waals surface area contributed by atoms with Crippen molar-refractivity contribution < 1.29 is 0 Å². The Morgan fingerprint density at radius 1 is 1.36 bits per heavy atom. The van der Waals surface area contributed by atoms with Gasteiger partial charge >= 0.3 is 0 Å². The zero-order valence-corrected chi connectivity index (χ0v) is 7.53. The molecule has 0 saturated carbocycles. The molecule has 0 atom stereocenters. The molecule has 0 radical (unpaired) electrons. The molecule has 0 aliphatic heterocycles. The Hall–Kier alpha value is -0.890. The van der Waals surface area contributed by atoms with Crippen molar-refractivity contribution in [2.24, 2.45) is 0 Å². The largest absolute Gasteiger partial charge is 0.352 e. The van der Waals surface area contributed by atoms with Crippen LogP contribution in [-0.4, -0.2) is 5.49 Å². The first kappa shape index (κ1) is 8.21. The normalized spacial score (nSPS) is 9.27. The highest BCUT2D eigenvalue weighted by atomic mass is 32.1. The summed E-state index contributed by atoms with van der Waals surface area (Å²) in [6.07, 6.45) is 0. The molecule has 1 nitrogen and oxygen atoms in total. The second-order valence-electron chi connectivity index (χ2n) is 2.58. The molecule has 0 bridgehead atoms. The summed E-state index contributed by atoms with van der Waals surface area (Å²) in [6.45, 7) is 4.14. The fourth-order valence-corrected chi connectivity index (χ4v) is 1.17. The number of benzene rings is 1. The van der Waals surface area contributed by atoms with Gasteiger partial charge < -0.3 is 5.32 Å². The summed E-state index contributed by atoms with van der Waals surface area (Å²) >= 11 is 4.69. The summed E-state index contributed by atoms with van der Waals surface area (Å²) in [5.74, 6) is 0. The molecule has 0 fully saturated rings. The van der Waals surface area contributed by atoms with Gasteiger partial charge in [0.15, 0.2) is 0 Å². The fraction of sp³-hybridized carbons (Fsp3) is 0.222. The van der Waals surface area contributed by atoms with E-state index in [-0.39, 0.29) is 0 Å². The molecule has 0 aliphatic carbocycles. The molecule has 0 aromatic heterocycles. The average molecular weight is 165 g/mol. The zero-order chi connectivity index (χ0) is 8.27. The third kappa shape index (κ3) is 2.02. The van der Waals surface area contributed by atoms with E-state index in [1.807, 2.05) is 6.07 Å². The van der Waals surface area contributed by atoms with E-state index < -0.39 is 0 Å². The summed E-state index contributed by atoms with van der Waals surface area (Å²) in [5.41, 5.74) is 5.12. The van der Waals surface area contributed by atoms with Gasteiger partial charge in [0.25, 0.3) is 0 Å². The fourth-order valence-electron chi connectivity index (χ4n) is 1.04. The van der Waals surface area contributed by atoms with E-state index in [1.54, 1.807) is 0 Å². The molecule has 11 heavy (non-hydrogen) atoms. The quantitative estimate of drug-likeness (QED) is 0.676. The lowest BCUT2D eigenvalue weighted by atomic mass is 10.1. The molecule has 1 rings (SSSR count). The number of anilines is 1. The van der Waals surface area contributed by atoms with Crippen LogP contribution < -0.4 is 5.32 Å². The molecule has 1 aromatic carbocycles. The van der Waals surface area contributed by atoms with E-state index in [2.05, 4.69) is 31.3 Å². The Morgan fingerprint density at radius 3 is 2.64 bits per heavy atom. The molecule has 0 spiro atoms. The molecule has 0 amide bonds. The van der Waals surface area contributed by atoms with Gasteiger partial charge in [-0.05, 0) is 25.5 Å². The third-order valence-electron chi connectivity index (χ3n) is 1.60. The van der Waals surface area contributed by atoms with Gasteiger partial charge in [0.2, 0.25) is 0 Å². The van der Waals surface area contributed by atoms with Crippen molar-refractivity contribution in [1.29, 1.82) is 0 Å². The van der Waals surface area contributed by atoms with Crippen molar-refractivity contribution in [3.05, 3.63) is 29.3 Å². The Kier molecular flexibility index (Phi) is 2.60. The smallest absolute Gasteiger partial charge is 0.0659 e. The molecule has 1 N–H and O–H groups in total. The van der Waals surface area contributed by atoms with Gasteiger partial charge in [-0.1, -0.05) is 29.9 Å². The lowest BCUT2D eigenvalue weighted by molar-refractivity contribution is 1.38. The monoisotopic (exact) mass is 165 g/mol. The van der Waals surface area contributed by atoms with Crippen molar-refractivity contribution >= 4 is 23.4 Å². The summed E-state index contributed by atoms with van der Waals surface area (Å²) in [7, 11) is 0. The third-order valence-corrected chi connectivity index (χ3v) is 1.71. The van der Waals surface area contributed by atoms with E-state index in [9.17, 15) is 0 Å². The molecule has 1 aromatic rings. The van der Waals surface area contributed by atoms with E-state index in [0.717, 1.165) is 5.69 Å². The van der Waals surface area contributed by atoms with Gasteiger partial charge in [-0.2, -0.15) is 0 Å². The first-order valence-electron chi connectivity index (χ1n) is 3.51. The van der Waals surface area contributed by atoms with E-state index >= 15 is 0 Å². The van der Waals surface area contributed by atoms with Gasteiger partial charge in [0, 0.05) is 5.69 Å². The second-order valence-corrected chi connectivity index (χ2v) is 2.82. The van der Waals surface area contributed by atoms with Crippen LogP contribution in [0.25, 0.3) is 0 Å². The van der Waals surface area contributed by atoms with E-state index in [0.29, 0.717) is 0 Å². The predicted octanol–water partition coefficient (Wildman–Crippen LogP) is 2.67. The van der Waals surface area contributed by atoms with Crippen LogP contribution in [0.5, 0.6) is 0 Å². The maximum atomic E-state index is 4.69. The highest BCUT2D eigenvalue weighted by molar-refractivity contribution is 7.79. The summed E-state index contributed by atoms with van der Waals surface area (Å²) < 4.78 is 0. The number of nitrogens with one attached hydrogen (secondary N) is 1. The average Bonchev–Trinajstić information content (AvgIpc) is 1.95. The Morgan fingerprint density at radius 2 is 2.09 bits per heavy atom. The summed E-state index contributed by atoms with van der Waals surface area (Å²) in [4.78, 5) is 0. The first-order valence-corrected chi connectivity index (χ1v) is 3.98. The molecule has 0 saturated heterocycles. The van der Waals surface area contributed by atoms with Gasteiger partial charge in [-0.3, -0.25) is 0 Å². The molecule has 2 heteroatoms. The lowest BCUT2D eigenvalue weighted by Crippen LogP contribution is -1.94. The SMILES string of the molecule is Cc1ccc(NC=S)c(C)c1. The summed E-state index contributed by atoms with van der Waals surface area (Å²) in [5, 5.41) is 2.99. The van der Waals surface area contributed by atoms with Gasteiger partial charge in [0.1, 0.15) is 0 Å². The van der Waals surface area contributed by atoms with Gasteiger partial charge in [-0.15, -0.1) is 0 Å². The van der Waals surface area contributed by atoms with Crippen LogP contribution in [0.1, 0.15) is 11.1 Å². The minimum Gasteiger partial charge on any atom is -0.352 e. The Labute approximate surface area is 72.4 Å². The van der Waals surface area contributed by atoms with Crippen molar-refractivity contribution in [1.82, 2.24) is 0 Å². The van der Waals surface area contributed by atoms with Crippen LogP contribution in [0, 0.1) is 13.8 Å². The van der Waals surface area contributed by atoms with Gasteiger partial charge in [0.05, 0.1) is 5.49 Å². The minimum atomic E-state index is 1.09. The second kappa shape index (κ2) is 3.49. The summed E-state index contributed by atoms with van der Waals surface area (Å²) in [6, 6.07) is 6.22. The number of hydrogen-bond acceptors (Lipinski definition) is 1. The van der Waals surface area contributed by atoms with Crippen LogP contribution in [-0.2, 0) is 0 Å². The van der Waals surface area contributed by atoms with E-state index in [4.69, 9.17) is 12.2 Å². The number of thiocarbonyl (C=S) groups is 1. The van der Waals surface area contributed by atoms with Crippen LogP contribution >= 0.6 is 12.2 Å².